The summed E-state index contributed by atoms with van der Waals surface area (Å²) >= 11 is 0. The predicted octanol–water partition coefficient (Wildman–Crippen LogP) is 3.42. The maximum atomic E-state index is 10.6. The fourth-order valence-corrected chi connectivity index (χ4v) is 4.32. The van der Waals surface area contributed by atoms with Crippen molar-refractivity contribution in [1.82, 2.24) is 0 Å². The van der Waals surface area contributed by atoms with Crippen LogP contribution >= 0.6 is 0 Å². The molecular weight excluding hydrogens is 320 g/mol. The first-order chi connectivity index (χ1) is 12.1. The second-order valence-corrected chi connectivity index (χ2v) is 7.47. The lowest BCUT2D eigenvalue weighted by Crippen LogP contribution is -2.28. The van der Waals surface area contributed by atoms with E-state index in [9.17, 15) is 9.90 Å². The zero-order chi connectivity index (χ0) is 17.8. The minimum atomic E-state index is -0.757. The summed E-state index contributed by atoms with van der Waals surface area (Å²) in [6, 6.07) is 0. The van der Waals surface area contributed by atoms with E-state index in [-0.39, 0.29) is 42.7 Å². The van der Waals surface area contributed by atoms with Crippen molar-refractivity contribution in [3.63, 3.8) is 0 Å². The average molecular weight is 350 g/mol. The van der Waals surface area contributed by atoms with Crippen LogP contribution in [0.15, 0.2) is 24.0 Å². The van der Waals surface area contributed by atoms with Crippen LogP contribution in [0.25, 0.3) is 0 Å². The zero-order valence-electron chi connectivity index (χ0n) is 15.0. The smallest absolute Gasteiger partial charge is 0.303 e. The highest BCUT2D eigenvalue weighted by molar-refractivity contribution is 5.66. The first-order valence-corrected chi connectivity index (χ1v) is 9.70. The molecule has 0 aliphatic carbocycles. The highest BCUT2D eigenvalue weighted by atomic mass is 16.6. The van der Waals surface area contributed by atoms with Crippen LogP contribution in [0.3, 0.4) is 0 Å². The van der Waals surface area contributed by atoms with E-state index in [0.29, 0.717) is 6.42 Å². The number of unbranched alkanes of at least 4 members (excludes halogenated alkanes) is 3. The molecule has 0 saturated carbocycles. The van der Waals surface area contributed by atoms with Crippen molar-refractivity contribution in [1.29, 1.82) is 0 Å². The summed E-state index contributed by atoms with van der Waals surface area (Å²) in [6.07, 6.45) is 12.8. The summed E-state index contributed by atoms with van der Waals surface area (Å²) < 4.78 is 12.1. The minimum Gasteiger partial charge on any atom is -0.492 e. The SMILES string of the molecule is CCCCCC(O)/C=C/C1C2CC3O/C(=C/CCCC(=O)O)C1C3O2. The summed E-state index contributed by atoms with van der Waals surface area (Å²) in [5, 5.41) is 18.9. The monoisotopic (exact) mass is 350 g/mol. The quantitative estimate of drug-likeness (QED) is 0.466. The fraction of sp³-hybridized carbons (Fsp3) is 0.750. The van der Waals surface area contributed by atoms with Crippen LogP contribution in [0.4, 0.5) is 0 Å². The standard InChI is InChI=1S/C20H30O5/c1-2-3-4-7-13(21)10-11-14-16-12-17-20(25-16)19(14)15(24-17)8-5-6-9-18(22)23/h8,10-11,13-14,16-17,19-21H,2-7,9,12H2,1H3,(H,22,23)/b11-10+,15-8+. The highest BCUT2D eigenvalue weighted by Gasteiger charge is 2.60. The number of hydrogen-bond acceptors (Lipinski definition) is 4. The molecule has 25 heavy (non-hydrogen) atoms. The van der Waals surface area contributed by atoms with Crippen molar-refractivity contribution in [3.05, 3.63) is 24.0 Å². The molecule has 0 aromatic rings. The second kappa shape index (κ2) is 8.37. The molecule has 3 saturated heterocycles. The number of carboxylic acid groups (broad SMARTS) is 1. The topological polar surface area (TPSA) is 76.0 Å². The third kappa shape index (κ3) is 4.26. The van der Waals surface area contributed by atoms with Gasteiger partial charge in [0.05, 0.1) is 23.9 Å². The molecule has 140 valence electrons. The second-order valence-electron chi connectivity index (χ2n) is 7.47. The van der Waals surface area contributed by atoms with Gasteiger partial charge in [-0.25, -0.2) is 0 Å². The molecule has 0 amide bonds. The minimum absolute atomic E-state index is 0.127. The number of fused-ring (bicyclic) bond motifs is 1. The van der Waals surface area contributed by atoms with Crippen molar-refractivity contribution in [2.45, 2.75) is 82.7 Å². The predicted molar refractivity (Wildman–Crippen MR) is 94.0 cm³/mol. The van der Waals surface area contributed by atoms with E-state index in [2.05, 4.69) is 19.1 Å². The average Bonchev–Trinajstić information content (AvgIpc) is 3.18. The van der Waals surface area contributed by atoms with Gasteiger partial charge in [0, 0.05) is 18.8 Å². The van der Waals surface area contributed by atoms with Gasteiger partial charge in [-0.15, -0.1) is 0 Å². The summed E-state index contributed by atoms with van der Waals surface area (Å²) in [6.45, 7) is 2.16. The van der Waals surface area contributed by atoms with Crippen molar-refractivity contribution in [3.8, 4) is 0 Å². The first-order valence-electron chi connectivity index (χ1n) is 9.70. The van der Waals surface area contributed by atoms with Crippen molar-refractivity contribution >= 4 is 5.97 Å². The van der Waals surface area contributed by atoms with Gasteiger partial charge in [-0.3, -0.25) is 4.79 Å². The lowest BCUT2D eigenvalue weighted by Gasteiger charge is -2.19. The zero-order valence-corrected chi connectivity index (χ0v) is 15.0. The molecule has 3 aliphatic rings. The Balaban J connectivity index is 1.57. The molecule has 6 unspecified atom stereocenters. The molecule has 5 heteroatoms. The van der Waals surface area contributed by atoms with Crippen LogP contribution < -0.4 is 0 Å². The van der Waals surface area contributed by atoms with E-state index in [0.717, 1.165) is 44.3 Å². The summed E-state index contributed by atoms with van der Waals surface area (Å²) in [4.78, 5) is 10.6. The number of aliphatic carboxylic acids is 1. The summed E-state index contributed by atoms with van der Waals surface area (Å²) in [5.74, 6) is 0.700. The van der Waals surface area contributed by atoms with Gasteiger partial charge >= 0.3 is 5.97 Å². The van der Waals surface area contributed by atoms with Gasteiger partial charge in [0.15, 0.2) is 0 Å². The van der Waals surface area contributed by atoms with Crippen LogP contribution in [0.2, 0.25) is 0 Å². The molecule has 2 bridgehead atoms. The molecule has 0 aromatic heterocycles. The Morgan fingerprint density at radius 3 is 2.92 bits per heavy atom. The number of allylic oxidation sites excluding steroid dienone is 1. The highest BCUT2D eigenvalue weighted by Crippen LogP contribution is 2.54. The molecule has 2 N–H and O–H groups in total. The molecule has 3 fully saturated rings. The molecule has 0 spiro atoms. The maximum absolute atomic E-state index is 10.6. The molecule has 3 rings (SSSR count). The number of carbonyl (C=O) groups is 1. The largest absolute Gasteiger partial charge is 0.492 e. The van der Waals surface area contributed by atoms with Gasteiger partial charge in [0.25, 0.3) is 0 Å². The Hall–Kier alpha value is -1.33. The Kier molecular flexibility index (Phi) is 6.18. The number of aliphatic hydroxyl groups excluding tert-OH is 1. The molecular formula is C20H30O5. The molecule has 6 atom stereocenters. The fourth-order valence-electron chi connectivity index (χ4n) is 4.32. The van der Waals surface area contributed by atoms with Crippen LogP contribution in [0, 0.1) is 11.8 Å². The normalized spacial score (nSPS) is 35.6. The lowest BCUT2D eigenvalue weighted by molar-refractivity contribution is -0.137. The Morgan fingerprint density at radius 1 is 1.32 bits per heavy atom. The van der Waals surface area contributed by atoms with Gasteiger partial charge in [-0.1, -0.05) is 38.3 Å². The first kappa shape index (κ1) is 18.5. The van der Waals surface area contributed by atoms with Gasteiger partial charge in [-0.05, 0) is 25.3 Å². The summed E-state index contributed by atoms with van der Waals surface area (Å²) in [5.41, 5.74) is 0. The Morgan fingerprint density at radius 2 is 2.16 bits per heavy atom. The van der Waals surface area contributed by atoms with Crippen molar-refractivity contribution in [2.24, 2.45) is 11.8 Å². The van der Waals surface area contributed by atoms with Crippen LogP contribution in [0.5, 0.6) is 0 Å². The van der Waals surface area contributed by atoms with E-state index in [4.69, 9.17) is 14.6 Å². The third-order valence-corrected chi connectivity index (χ3v) is 5.58. The van der Waals surface area contributed by atoms with Crippen LogP contribution in [0.1, 0.15) is 58.3 Å². The number of hydrogen-bond donors (Lipinski definition) is 2. The summed E-state index contributed by atoms with van der Waals surface area (Å²) in [7, 11) is 0. The molecule has 3 heterocycles. The number of aliphatic hydroxyl groups is 1. The Bertz CT molecular complexity index is 524. The molecule has 0 aromatic carbocycles. The van der Waals surface area contributed by atoms with E-state index >= 15 is 0 Å². The molecule has 3 aliphatic heterocycles. The van der Waals surface area contributed by atoms with Crippen LogP contribution in [-0.2, 0) is 14.3 Å². The van der Waals surface area contributed by atoms with E-state index in [1.165, 1.54) is 0 Å². The van der Waals surface area contributed by atoms with E-state index < -0.39 is 5.97 Å². The maximum Gasteiger partial charge on any atom is 0.303 e. The molecule has 0 radical (unpaired) electrons. The number of rotatable bonds is 10. The van der Waals surface area contributed by atoms with Gasteiger partial charge in [0.1, 0.15) is 12.2 Å². The van der Waals surface area contributed by atoms with Gasteiger partial charge < -0.3 is 19.7 Å². The number of ether oxygens (including phenoxy) is 2. The van der Waals surface area contributed by atoms with Crippen LogP contribution in [-0.4, -0.2) is 40.6 Å². The third-order valence-electron chi connectivity index (χ3n) is 5.58. The number of carboxylic acids is 1. The molecule has 5 nitrogen and oxygen atoms in total. The lowest BCUT2D eigenvalue weighted by atomic mass is 9.78. The van der Waals surface area contributed by atoms with Gasteiger partial charge in [0.2, 0.25) is 0 Å². The van der Waals surface area contributed by atoms with E-state index in [1.54, 1.807) is 0 Å². The Labute approximate surface area is 149 Å². The van der Waals surface area contributed by atoms with Crippen molar-refractivity contribution < 1.29 is 24.5 Å². The van der Waals surface area contributed by atoms with Gasteiger partial charge in [-0.2, -0.15) is 0 Å². The van der Waals surface area contributed by atoms with Crippen molar-refractivity contribution in [2.75, 3.05) is 0 Å². The van der Waals surface area contributed by atoms with E-state index in [1.807, 2.05) is 6.08 Å².